The summed E-state index contributed by atoms with van der Waals surface area (Å²) in [5, 5.41) is 3.45. The number of piperazine rings is 4. The Morgan fingerprint density at radius 3 is 2.44 bits per heavy atom. The van der Waals surface area contributed by atoms with Crippen molar-refractivity contribution in [3.63, 3.8) is 0 Å². The first-order valence-corrected chi connectivity index (χ1v) is 10.2. The van der Waals surface area contributed by atoms with Gasteiger partial charge < -0.3 is 15.1 Å². The Labute approximate surface area is 161 Å². The molecule has 1 N–H and O–H groups in total. The summed E-state index contributed by atoms with van der Waals surface area (Å²) in [6, 6.07) is 7.60. The molecule has 1 aromatic carbocycles. The molecule has 6 nitrogen and oxygen atoms in total. The normalized spacial score (nSPS) is 28.5. The molecular formula is C20H31FN6. The molecule has 5 rings (SSSR count). The van der Waals surface area contributed by atoms with E-state index in [9.17, 15) is 4.39 Å². The van der Waals surface area contributed by atoms with E-state index in [1.54, 1.807) is 6.07 Å². The number of aliphatic imine (C=N–C) groups is 1. The van der Waals surface area contributed by atoms with Gasteiger partial charge in [0.2, 0.25) is 0 Å². The number of benzene rings is 1. The fourth-order valence-electron chi connectivity index (χ4n) is 4.38. The highest BCUT2D eigenvalue weighted by Crippen LogP contribution is 2.20. The second-order valence-electron chi connectivity index (χ2n) is 7.61. The molecule has 0 saturated carbocycles. The Morgan fingerprint density at radius 1 is 1.07 bits per heavy atom. The number of hydrogen-bond donors (Lipinski definition) is 1. The molecule has 1 atom stereocenters. The van der Waals surface area contributed by atoms with Crippen LogP contribution in [-0.4, -0.2) is 98.7 Å². The topological polar surface area (TPSA) is 37.4 Å². The Morgan fingerprint density at radius 2 is 1.81 bits per heavy atom. The number of guanidine groups is 1. The standard InChI is InChI=1S/C20H31FN6/c1-2-22-20(23-15-17-16-24-7-9-25(17)10-8-24)27-13-11-26(12-14-27)19-6-4-3-5-18(19)21/h3-6,17H,2,7-16H2,1H3,(H,22,23). The van der Waals surface area contributed by atoms with Crippen LogP contribution >= 0.6 is 0 Å². The molecule has 0 spiro atoms. The molecule has 1 aromatic rings. The maximum atomic E-state index is 14.1. The van der Waals surface area contributed by atoms with Gasteiger partial charge >= 0.3 is 0 Å². The van der Waals surface area contributed by atoms with Crippen LogP contribution in [0.5, 0.6) is 0 Å². The minimum absolute atomic E-state index is 0.136. The average molecular weight is 375 g/mol. The van der Waals surface area contributed by atoms with Crippen LogP contribution in [0.4, 0.5) is 10.1 Å². The van der Waals surface area contributed by atoms with Crippen LogP contribution in [-0.2, 0) is 0 Å². The Bertz CT molecular complexity index is 650. The van der Waals surface area contributed by atoms with Crippen molar-refractivity contribution in [2.75, 3.05) is 76.9 Å². The van der Waals surface area contributed by atoms with E-state index in [4.69, 9.17) is 4.99 Å². The molecule has 1 unspecified atom stereocenters. The van der Waals surface area contributed by atoms with E-state index >= 15 is 0 Å². The maximum Gasteiger partial charge on any atom is 0.194 e. The zero-order valence-electron chi connectivity index (χ0n) is 16.3. The molecule has 4 heterocycles. The quantitative estimate of drug-likeness (QED) is 0.627. The van der Waals surface area contributed by atoms with E-state index < -0.39 is 0 Å². The fourth-order valence-corrected chi connectivity index (χ4v) is 4.38. The van der Waals surface area contributed by atoms with Crippen molar-refractivity contribution in [2.45, 2.75) is 13.0 Å². The van der Waals surface area contributed by atoms with E-state index in [1.807, 2.05) is 12.1 Å². The van der Waals surface area contributed by atoms with Gasteiger partial charge in [0.05, 0.1) is 12.2 Å². The smallest absolute Gasteiger partial charge is 0.194 e. The molecule has 0 aliphatic carbocycles. The summed E-state index contributed by atoms with van der Waals surface area (Å²) in [5.74, 6) is 0.867. The van der Waals surface area contributed by atoms with Crippen molar-refractivity contribution in [1.82, 2.24) is 20.0 Å². The lowest BCUT2D eigenvalue weighted by Crippen LogP contribution is -2.62. The van der Waals surface area contributed by atoms with E-state index in [1.165, 1.54) is 32.2 Å². The maximum absolute atomic E-state index is 14.1. The molecule has 4 fully saturated rings. The molecule has 27 heavy (non-hydrogen) atoms. The molecular weight excluding hydrogens is 343 g/mol. The second-order valence-corrected chi connectivity index (χ2v) is 7.61. The lowest BCUT2D eigenvalue weighted by atomic mass is 10.1. The Balaban J connectivity index is 1.36. The van der Waals surface area contributed by atoms with Gasteiger partial charge in [-0.25, -0.2) is 4.39 Å². The van der Waals surface area contributed by atoms with Crippen LogP contribution in [0.15, 0.2) is 29.3 Å². The van der Waals surface area contributed by atoms with Gasteiger partial charge in [0.15, 0.2) is 5.96 Å². The first-order valence-electron chi connectivity index (χ1n) is 10.2. The van der Waals surface area contributed by atoms with E-state index in [0.29, 0.717) is 11.7 Å². The second kappa shape index (κ2) is 8.44. The monoisotopic (exact) mass is 374 g/mol. The summed E-state index contributed by atoms with van der Waals surface area (Å²) in [7, 11) is 0. The van der Waals surface area contributed by atoms with Crippen LogP contribution in [0.2, 0.25) is 0 Å². The van der Waals surface area contributed by atoms with Gasteiger partial charge in [0, 0.05) is 71.5 Å². The fraction of sp³-hybridized carbons (Fsp3) is 0.650. The van der Waals surface area contributed by atoms with Crippen molar-refractivity contribution in [3.05, 3.63) is 30.1 Å². The highest BCUT2D eigenvalue weighted by molar-refractivity contribution is 5.80. The number of nitrogens with one attached hydrogen (secondary N) is 1. The number of halogens is 1. The summed E-state index contributed by atoms with van der Waals surface area (Å²) in [4.78, 5) is 14.6. The molecule has 148 valence electrons. The van der Waals surface area contributed by atoms with Crippen LogP contribution in [0, 0.1) is 5.82 Å². The third kappa shape index (κ3) is 4.19. The third-order valence-corrected chi connectivity index (χ3v) is 5.95. The van der Waals surface area contributed by atoms with Crippen LogP contribution in [0.3, 0.4) is 0 Å². The average Bonchev–Trinajstić information content (AvgIpc) is 2.73. The van der Waals surface area contributed by atoms with Crippen molar-refractivity contribution in [3.8, 4) is 0 Å². The molecule has 0 aromatic heterocycles. The molecule has 4 aliphatic heterocycles. The van der Waals surface area contributed by atoms with Gasteiger partial charge in [0.25, 0.3) is 0 Å². The van der Waals surface area contributed by atoms with Crippen molar-refractivity contribution < 1.29 is 4.39 Å². The van der Waals surface area contributed by atoms with Crippen LogP contribution in [0.1, 0.15) is 6.92 Å². The molecule has 0 radical (unpaired) electrons. The predicted octanol–water partition coefficient (Wildman–Crippen LogP) is 0.913. The predicted molar refractivity (Wildman–Crippen MR) is 108 cm³/mol. The lowest BCUT2D eigenvalue weighted by Gasteiger charge is -2.47. The van der Waals surface area contributed by atoms with E-state index in [2.05, 4.69) is 31.8 Å². The summed E-state index contributed by atoms with van der Waals surface area (Å²) < 4.78 is 14.1. The third-order valence-electron chi connectivity index (χ3n) is 5.95. The van der Waals surface area contributed by atoms with Gasteiger partial charge in [0.1, 0.15) is 5.82 Å². The largest absolute Gasteiger partial charge is 0.366 e. The lowest BCUT2D eigenvalue weighted by molar-refractivity contribution is 0.0173. The molecule has 4 saturated heterocycles. The highest BCUT2D eigenvalue weighted by Gasteiger charge is 2.31. The molecule has 0 amide bonds. The van der Waals surface area contributed by atoms with Gasteiger partial charge in [-0.2, -0.15) is 0 Å². The molecule has 7 heteroatoms. The van der Waals surface area contributed by atoms with E-state index in [-0.39, 0.29) is 5.82 Å². The van der Waals surface area contributed by atoms with Crippen molar-refractivity contribution >= 4 is 11.6 Å². The molecule has 2 bridgehead atoms. The van der Waals surface area contributed by atoms with Crippen LogP contribution < -0.4 is 10.2 Å². The van der Waals surface area contributed by atoms with Crippen molar-refractivity contribution in [1.29, 1.82) is 0 Å². The summed E-state index contributed by atoms with van der Waals surface area (Å²) in [6.07, 6.45) is 0. The van der Waals surface area contributed by atoms with E-state index in [0.717, 1.165) is 51.8 Å². The van der Waals surface area contributed by atoms with Gasteiger partial charge in [-0.05, 0) is 19.1 Å². The number of hydrogen-bond acceptors (Lipinski definition) is 4. The summed E-state index contributed by atoms with van der Waals surface area (Å²) in [5.41, 5.74) is 0.708. The number of rotatable bonds is 4. The van der Waals surface area contributed by atoms with Gasteiger partial charge in [-0.1, -0.05) is 12.1 Å². The minimum atomic E-state index is -0.136. The zero-order valence-corrected chi connectivity index (χ0v) is 16.3. The van der Waals surface area contributed by atoms with Crippen molar-refractivity contribution in [2.24, 2.45) is 4.99 Å². The SMILES string of the molecule is CCNC(=NCC1CN2CCN1CC2)N1CCN(c2ccccc2F)CC1. The van der Waals surface area contributed by atoms with Crippen LogP contribution in [0.25, 0.3) is 0 Å². The summed E-state index contributed by atoms with van der Waals surface area (Å²) >= 11 is 0. The first kappa shape index (κ1) is 18.5. The number of anilines is 1. The Hall–Kier alpha value is -1.86. The zero-order chi connectivity index (χ0) is 18.6. The first-order chi connectivity index (χ1) is 13.2. The number of fused-ring (bicyclic) bond motifs is 3. The highest BCUT2D eigenvalue weighted by atomic mass is 19.1. The number of para-hydroxylation sites is 1. The number of nitrogens with zero attached hydrogens (tertiary/aromatic N) is 5. The minimum Gasteiger partial charge on any atom is -0.366 e. The Kier molecular flexibility index (Phi) is 5.78. The summed E-state index contributed by atoms with van der Waals surface area (Å²) in [6.45, 7) is 13.1. The molecule has 4 aliphatic rings. The van der Waals surface area contributed by atoms with Gasteiger partial charge in [-0.15, -0.1) is 0 Å². The van der Waals surface area contributed by atoms with Gasteiger partial charge in [-0.3, -0.25) is 14.8 Å².